The minimum absolute atomic E-state index is 0.152. The molecule has 6 heteroatoms. The topological polar surface area (TPSA) is 51.7 Å². The third-order valence-electron chi connectivity index (χ3n) is 2.72. The van der Waals surface area contributed by atoms with Crippen LogP contribution in [-0.2, 0) is 9.47 Å². The molecule has 1 aromatic heterocycles. The average Bonchev–Trinajstić information content (AvgIpc) is 2.74. The van der Waals surface area contributed by atoms with Crippen molar-refractivity contribution in [3.63, 3.8) is 0 Å². The predicted octanol–water partition coefficient (Wildman–Crippen LogP) is 1.93. The summed E-state index contributed by atoms with van der Waals surface area (Å²) in [5.74, 6) is -0.334. The summed E-state index contributed by atoms with van der Waals surface area (Å²) >= 11 is 1.36. The summed E-state index contributed by atoms with van der Waals surface area (Å²) in [5, 5.41) is 0.846. The molecule has 0 aromatic carbocycles. The molecule has 1 unspecified atom stereocenters. The highest BCUT2D eigenvalue weighted by molar-refractivity contribution is 7.17. The highest BCUT2D eigenvalue weighted by atomic mass is 32.1. The second-order valence-electron chi connectivity index (χ2n) is 5.07. The molecule has 0 saturated carbocycles. The van der Waals surface area contributed by atoms with Gasteiger partial charge in [0.2, 0.25) is 0 Å². The molecule has 0 radical (unpaired) electrons. The van der Waals surface area contributed by atoms with Gasteiger partial charge >= 0.3 is 5.97 Å². The third kappa shape index (κ3) is 2.81. The zero-order chi connectivity index (χ0) is 13.3. The van der Waals surface area contributed by atoms with E-state index in [1.807, 2.05) is 6.92 Å². The number of aromatic nitrogens is 1. The number of esters is 1. The molecule has 0 bridgehead atoms. The molecule has 18 heavy (non-hydrogen) atoms. The largest absolute Gasteiger partial charge is 0.465 e. The first-order valence-corrected chi connectivity index (χ1v) is 6.70. The molecule has 1 aliphatic heterocycles. The SMILES string of the molecule is COC(=O)c1cnc(N2CC(C)OC(C)(C)C2)s1. The van der Waals surface area contributed by atoms with E-state index in [9.17, 15) is 4.79 Å². The Morgan fingerprint density at radius 1 is 1.67 bits per heavy atom. The fourth-order valence-electron chi connectivity index (χ4n) is 2.21. The van der Waals surface area contributed by atoms with Crippen molar-refractivity contribution in [2.45, 2.75) is 32.5 Å². The lowest BCUT2D eigenvalue weighted by Crippen LogP contribution is -2.52. The number of rotatable bonds is 2. The van der Waals surface area contributed by atoms with Gasteiger partial charge < -0.3 is 14.4 Å². The van der Waals surface area contributed by atoms with Crippen molar-refractivity contribution in [1.82, 2.24) is 4.98 Å². The molecule has 1 saturated heterocycles. The van der Waals surface area contributed by atoms with Crippen LogP contribution in [0, 0.1) is 0 Å². The van der Waals surface area contributed by atoms with Gasteiger partial charge in [-0.3, -0.25) is 0 Å². The minimum atomic E-state index is -0.334. The van der Waals surface area contributed by atoms with Crippen molar-refractivity contribution in [3.05, 3.63) is 11.1 Å². The Morgan fingerprint density at radius 3 is 3.00 bits per heavy atom. The Kier molecular flexibility index (Phi) is 3.59. The quantitative estimate of drug-likeness (QED) is 0.769. The second kappa shape index (κ2) is 4.85. The van der Waals surface area contributed by atoms with Crippen LogP contribution >= 0.6 is 11.3 Å². The lowest BCUT2D eigenvalue weighted by Gasteiger charge is -2.41. The minimum Gasteiger partial charge on any atom is -0.465 e. The van der Waals surface area contributed by atoms with E-state index in [4.69, 9.17) is 4.74 Å². The van der Waals surface area contributed by atoms with Gasteiger partial charge in [0, 0.05) is 13.1 Å². The number of carbonyl (C=O) groups is 1. The molecule has 1 atom stereocenters. The first-order chi connectivity index (χ1) is 8.41. The standard InChI is InChI=1S/C12H18N2O3S/c1-8-6-14(7-12(2,3)17-8)11-13-5-9(18-11)10(15)16-4/h5,8H,6-7H2,1-4H3. The van der Waals surface area contributed by atoms with E-state index >= 15 is 0 Å². The number of hydrogen-bond donors (Lipinski definition) is 0. The zero-order valence-electron chi connectivity index (χ0n) is 11.1. The Morgan fingerprint density at radius 2 is 2.39 bits per heavy atom. The van der Waals surface area contributed by atoms with Gasteiger partial charge in [-0.25, -0.2) is 9.78 Å². The van der Waals surface area contributed by atoms with Crippen molar-refractivity contribution in [2.75, 3.05) is 25.1 Å². The number of anilines is 1. The molecule has 1 aromatic rings. The van der Waals surface area contributed by atoms with Crippen LogP contribution in [0.3, 0.4) is 0 Å². The van der Waals surface area contributed by atoms with Crippen LogP contribution in [0.5, 0.6) is 0 Å². The summed E-state index contributed by atoms with van der Waals surface area (Å²) in [4.78, 5) is 18.4. The molecule has 2 rings (SSSR count). The van der Waals surface area contributed by atoms with Gasteiger partial charge in [-0.2, -0.15) is 0 Å². The summed E-state index contributed by atoms with van der Waals surface area (Å²) in [5.41, 5.74) is -0.200. The predicted molar refractivity (Wildman–Crippen MR) is 70.3 cm³/mol. The molecular formula is C12H18N2O3S. The zero-order valence-corrected chi connectivity index (χ0v) is 11.9. The van der Waals surface area contributed by atoms with Gasteiger partial charge in [0.25, 0.3) is 0 Å². The first-order valence-electron chi connectivity index (χ1n) is 5.88. The monoisotopic (exact) mass is 270 g/mol. The normalized spacial score (nSPS) is 22.9. The average molecular weight is 270 g/mol. The molecule has 0 amide bonds. The van der Waals surface area contributed by atoms with E-state index in [1.165, 1.54) is 18.4 Å². The number of hydrogen-bond acceptors (Lipinski definition) is 6. The number of thiazole rings is 1. The molecule has 2 heterocycles. The number of carbonyl (C=O) groups excluding carboxylic acids is 1. The smallest absolute Gasteiger partial charge is 0.349 e. The van der Waals surface area contributed by atoms with Crippen LogP contribution in [0.2, 0.25) is 0 Å². The number of nitrogens with zero attached hydrogens (tertiary/aromatic N) is 2. The van der Waals surface area contributed by atoms with Crippen molar-refractivity contribution in [2.24, 2.45) is 0 Å². The van der Waals surface area contributed by atoms with Gasteiger partial charge in [0.1, 0.15) is 4.88 Å². The molecule has 5 nitrogen and oxygen atoms in total. The Balaban J connectivity index is 2.16. The summed E-state index contributed by atoms with van der Waals surface area (Å²) < 4.78 is 10.5. The first kappa shape index (κ1) is 13.3. The molecule has 1 fully saturated rings. The van der Waals surface area contributed by atoms with Crippen LogP contribution in [0.1, 0.15) is 30.4 Å². The van der Waals surface area contributed by atoms with E-state index in [0.717, 1.165) is 18.2 Å². The van der Waals surface area contributed by atoms with Gasteiger partial charge in [0.05, 0.1) is 25.0 Å². The summed E-state index contributed by atoms with van der Waals surface area (Å²) in [6.45, 7) is 7.72. The fourth-order valence-corrected chi connectivity index (χ4v) is 3.05. The third-order valence-corrected chi connectivity index (χ3v) is 3.76. The molecule has 0 spiro atoms. The molecular weight excluding hydrogens is 252 g/mol. The van der Waals surface area contributed by atoms with Gasteiger partial charge in [-0.05, 0) is 20.8 Å². The second-order valence-corrected chi connectivity index (χ2v) is 6.08. The fraction of sp³-hybridized carbons (Fsp3) is 0.667. The maximum atomic E-state index is 11.4. The number of methoxy groups -OCH3 is 1. The highest BCUT2D eigenvalue weighted by Crippen LogP contribution is 2.29. The summed E-state index contributed by atoms with van der Waals surface area (Å²) in [6, 6.07) is 0. The van der Waals surface area contributed by atoms with Crippen molar-refractivity contribution in [1.29, 1.82) is 0 Å². The molecule has 1 aliphatic rings. The van der Waals surface area contributed by atoms with Crippen molar-refractivity contribution >= 4 is 22.4 Å². The Labute approximate surface area is 111 Å². The van der Waals surface area contributed by atoms with Crippen LogP contribution < -0.4 is 4.90 Å². The summed E-state index contributed by atoms with van der Waals surface area (Å²) in [6.07, 6.45) is 1.72. The maximum Gasteiger partial charge on any atom is 0.349 e. The van der Waals surface area contributed by atoms with Crippen molar-refractivity contribution in [3.8, 4) is 0 Å². The molecule has 0 aliphatic carbocycles. The van der Waals surface area contributed by atoms with Gasteiger partial charge in [-0.15, -0.1) is 0 Å². The van der Waals surface area contributed by atoms with Crippen LogP contribution in [0.15, 0.2) is 6.20 Å². The highest BCUT2D eigenvalue weighted by Gasteiger charge is 2.32. The van der Waals surface area contributed by atoms with Crippen LogP contribution in [-0.4, -0.2) is 42.9 Å². The lowest BCUT2D eigenvalue weighted by molar-refractivity contribution is -0.0749. The van der Waals surface area contributed by atoms with Crippen molar-refractivity contribution < 1.29 is 14.3 Å². The van der Waals surface area contributed by atoms with Crippen LogP contribution in [0.4, 0.5) is 5.13 Å². The van der Waals surface area contributed by atoms with E-state index in [-0.39, 0.29) is 17.7 Å². The van der Waals surface area contributed by atoms with E-state index < -0.39 is 0 Å². The van der Waals surface area contributed by atoms with E-state index in [1.54, 1.807) is 6.20 Å². The van der Waals surface area contributed by atoms with E-state index in [2.05, 4.69) is 28.5 Å². The molecule has 100 valence electrons. The van der Waals surface area contributed by atoms with E-state index in [0.29, 0.717) is 4.88 Å². The Bertz CT molecular complexity index is 444. The maximum absolute atomic E-state index is 11.4. The summed E-state index contributed by atoms with van der Waals surface area (Å²) in [7, 11) is 1.38. The lowest BCUT2D eigenvalue weighted by atomic mass is 10.1. The molecule has 0 N–H and O–H groups in total. The Hall–Kier alpha value is -1.14. The van der Waals surface area contributed by atoms with Gasteiger partial charge in [0.15, 0.2) is 5.13 Å². The van der Waals surface area contributed by atoms with Crippen LogP contribution in [0.25, 0.3) is 0 Å². The number of morpholine rings is 1. The number of ether oxygens (including phenoxy) is 2. The van der Waals surface area contributed by atoms with Gasteiger partial charge in [-0.1, -0.05) is 11.3 Å².